The summed E-state index contributed by atoms with van der Waals surface area (Å²) in [5.41, 5.74) is 3.45. The Kier molecular flexibility index (Phi) is 3.67. The fraction of sp³-hybridized carbons (Fsp3) is 0.267. The molecule has 3 aromatic heterocycles. The molecule has 0 bridgehead atoms. The van der Waals surface area contributed by atoms with E-state index in [1.165, 1.54) is 0 Å². The zero-order valence-corrected chi connectivity index (χ0v) is 11.7. The summed E-state index contributed by atoms with van der Waals surface area (Å²) in [7, 11) is 1.70. The highest BCUT2D eigenvalue weighted by atomic mass is 16.5. The molecule has 0 amide bonds. The minimum atomic E-state index is 0.580. The van der Waals surface area contributed by atoms with Crippen LogP contribution in [0.1, 0.15) is 12.0 Å². The van der Waals surface area contributed by atoms with Crippen molar-refractivity contribution in [2.45, 2.75) is 13.0 Å². The van der Waals surface area contributed by atoms with Gasteiger partial charge in [0.25, 0.3) is 0 Å². The van der Waals surface area contributed by atoms with Gasteiger partial charge in [-0.1, -0.05) is 6.07 Å². The van der Waals surface area contributed by atoms with Gasteiger partial charge in [0.2, 0.25) is 0 Å². The highest BCUT2D eigenvalue weighted by Gasteiger charge is 2.06. The second kappa shape index (κ2) is 5.77. The number of nitriles is 1. The molecule has 21 heavy (non-hydrogen) atoms. The van der Waals surface area contributed by atoms with Gasteiger partial charge < -0.3 is 4.74 Å². The summed E-state index contributed by atoms with van der Waals surface area (Å²) >= 11 is 0. The average Bonchev–Trinajstić information content (AvgIpc) is 3.13. The van der Waals surface area contributed by atoms with Crippen LogP contribution in [-0.2, 0) is 11.3 Å². The van der Waals surface area contributed by atoms with E-state index in [-0.39, 0.29) is 0 Å². The standard InChI is InChI=1S/C15H15N5O/c1-21-6-2-5-19-10-14(9-17-19)12-3-4-15-13(7-16)8-18-20(15)11-12/h3-4,8-11H,2,5-6H2,1H3. The lowest BCUT2D eigenvalue weighted by Gasteiger charge is -2.01. The van der Waals surface area contributed by atoms with Gasteiger partial charge in [-0.15, -0.1) is 0 Å². The van der Waals surface area contributed by atoms with Crippen molar-refractivity contribution in [3.8, 4) is 17.2 Å². The third-order valence-corrected chi connectivity index (χ3v) is 3.34. The molecule has 0 aromatic carbocycles. The van der Waals surface area contributed by atoms with Gasteiger partial charge in [0, 0.05) is 43.8 Å². The summed E-state index contributed by atoms with van der Waals surface area (Å²) in [5.74, 6) is 0. The van der Waals surface area contributed by atoms with Gasteiger partial charge in [0.05, 0.1) is 23.5 Å². The number of rotatable bonds is 5. The molecule has 0 radical (unpaired) electrons. The first-order valence-electron chi connectivity index (χ1n) is 6.71. The van der Waals surface area contributed by atoms with Gasteiger partial charge in [0.15, 0.2) is 0 Å². The fourth-order valence-electron chi connectivity index (χ4n) is 2.25. The van der Waals surface area contributed by atoms with Crippen molar-refractivity contribution in [2.75, 3.05) is 13.7 Å². The van der Waals surface area contributed by atoms with E-state index in [2.05, 4.69) is 16.3 Å². The first-order chi connectivity index (χ1) is 10.3. The zero-order valence-electron chi connectivity index (χ0n) is 11.7. The minimum absolute atomic E-state index is 0.580. The number of pyridine rings is 1. The molecular weight excluding hydrogens is 266 g/mol. The maximum atomic E-state index is 8.99. The summed E-state index contributed by atoms with van der Waals surface area (Å²) in [6.07, 6.45) is 8.26. The van der Waals surface area contributed by atoms with E-state index in [0.717, 1.165) is 36.2 Å². The first-order valence-corrected chi connectivity index (χ1v) is 6.71. The maximum absolute atomic E-state index is 8.99. The molecule has 3 rings (SSSR count). The van der Waals surface area contributed by atoms with Crippen LogP contribution < -0.4 is 0 Å². The van der Waals surface area contributed by atoms with Crippen LogP contribution in [0.3, 0.4) is 0 Å². The summed E-state index contributed by atoms with van der Waals surface area (Å²) in [4.78, 5) is 0. The number of fused-ring (bicyclic) bond motifs is 1. The molecule has 6 nitrogen and oxygen atoms in total. The lowest BCUT2D eigenvalue weighted by atomic mass is 10.1. The predicted molar refractivity (Wildman–Crippen MR) is 77.6 cm³/mol. The summed E-state index contributed by atoms with van der Waals surface area (Å²) in [6, 6.07) is 6.02. The first kappa shape index (κ1) is 13.3. The molecule has 0 spiro atoms. The van der Waals surface area contributed by atoms with Crippen LogP contribution in [0.15, 0.2) is 36.9 Å². The quantitative estimate of drug-likeness (QED) is 0.672. The van der Waals surface area contributed by atoms with Crippen LogP contribution in [0.2, 0.25) is 0 Å². The number of hydrogen-bond donors (Lipinski definition) is 0. The van der Waals surface area contributed by atoms with Crippen LogP contribution in [0.4, 0.5) is 0 Å². The molecule has 0 aliphatic carbocycles. The zero-order chi connectivity index (χ0) is 14.7. The average molecular weight is 281 g/mol. The molecule has 0 saturated heterocycles. The Morgan fingerprint density at radius 2 is 2.10 bits per heavy atom. The predicted octanol–water partition coefficient (Wildman–Crippen LogP) is 2.11. The van der Waals surface area contributed by atoms with Crippen molar-refractivity contribution in [2.24, 2.45) is 0 Å². The van der Waals surface area contributed by atoms with Crippen molar-refractivity contribution >= 4 is 5.52 Å². The third kappa shape index (κ3) is 2.64. The Morgan fingerprint density at radius 3 is 2.90 bits per heavy atom. The van der Waals surface area contributed by atoms with Crippen molar-refractivity contribution in [1.29, 1.82) is 5.26 Å². The van der Waals surface area contributed by atoms with Crippen molar-refractivity contribution in [3.05, 3.63) is 42.5 Å². The largest absolute Gasteiger partial charge is 0.385 e. The number of nitrogens with zero attached hydrogens (tertiary/aromatic N) is 5. The third-order valence-electron chi connectivity index (χ3n) is 3.34. The SMILES string of the molecule is COCCCn1cc(-c2ccc3c(C#N)cnn3c2)cn1. The molecule has 0 N–H and O–H groups in total. The van der Waals surface area contributed by atoms with Gasteiger partial charge in [0.1, 0.15) is 6.07 Å². The van der Waals surface area contributed by atoms with Crippen molar-refractivity contribution in [1.82, 2.24) is 19.4 Å². The molecule has 0 aliphatic heterocycles. The van der Waals surface area contributed by atoms with Gasteiger partial charge in [-0.25, -0.2) is 4.52 Å². The highest BCUT2D eigenvalue weighted by Crippen LogP contribution is 2.20. The van der Waals surface area contributed by atoms with Crippen LogP contribution in [0.25, 0.3) is 16.6 Å². The molecule has 106 valence electrons. The molecule has 6 heteroatoms. The van der Waals surface area contributed by atoms with Crippen LogP contribution >= 0.6 is 0 Å². The molecule has 0 aliphatic rings. The van der Waals surface area contributed by atoms with Crippen molar-refractivity contribution in [3.63, 3.8) is 0 Å². The number of ether oxygens (including phenoxy) is 1. The molecule has 0 fully saturated rings. The van der Waals surface area contributed by atoms with Gasteiger partial charge in [-0.2, -0.15) is 15.5 Å². The fourth-order valence-corrected chi connectivity index (χ4v) is 2.25. The Balaban J connectivity index is 1.85. The van der Waals surface area contributed by atoms with Crippen molar-refractivity contribution < 1.29 is 4.74 Å². The van der Waals surface area contributed by atoms with E-state index < -0.39 is 0 Å². The topological polar surface area (TPSA) is 68.1 Å². The van der Waals surface area contributed by atoms with E-state index >= 15 is 0 Å². The van der Waals surface area contributed by atoms with Gasteiger partial charge >= 0.3 is 0 Å². The van der Waals surface area contributed by atoms with E-state index in [4.69, 9.17) is 10.00 Å². The normalized spacial score (nSPS) is 10.9. The minimum Gasteiger partial charge on any atom is -0.385 e. The molecule has 0 atom stereocenters. The smallest absolute Gasteiger partial charge is 0.103 e. The lowest BCUT2D eigenvalue weighted by Crippen LogP contribution is -2.01. The van der Waals surface area contributed by atoms with Crippen LogP contribution in [-0.4, -0.2) is 33.1 Å². The summed E-state index contributed by atoms with van der Waals surface area (Å²) in [5, 5.41) is 17.5. The summed E-state index contributed by atoms with van der Waals surface area (Å²) in [6.45, 7) is 1.56. The Bertz CT molecular complexity index is 796. The number of aryl methyl sites for hydroxylation is 1. The summed E-state index contributed by atoms with van der Waals surface area (Å²) < 4.78 is 8.66. The Labute approximate surface area is 122 Å². The van der Waals surface area contributed by atoms with E-state index in [9.17, 15) is 0 Å². The number of hydrogen-bond acceptors (Lipinski definition) is 4. The molecule has 0 unspecified atom stereocenters. The monoisotopic (exact) mass is 281 g/mol. The van der Waals surface area contributed by atoms with Gasteiger partial charge in [-0.3, -0.25) is 4.68 Å². The number of aromatic nitrogens is 4. The molecule has 3 heterocycles. The molecule has 3 aromatic rings. The van der Waals surface area contributed by atoms with E-state index in [1.807, 2.05) is 35.4 Å². The number of methoxy groups -OCH3 is 1. The van der Waals surface area contributed by atoms with Crippen LogP contribution in [0, 0.1) is 11.3 Å². The molecule has 0 saturated carbocycles. The van der Waals surface area contributed by atoms with Crippen LogP contribution in [0.5, 0.6) is 0 Å². The molecular formula is C15H15N5O. The maximum Gasteiger partial charge on any atom is 0.103 e. The Morgan fingerprint density at radius 1 is 1.19 bits per heavy atom. The lowest BCUT2D eigenvalue weighted by molar-refractivity contribution is 0.189. The second-order valence-electron chi connectivity index (χ2n) is 4.76. The highest BCUT2D eigenvalue weighted by molar-refractivity contribution is 5.67. The Hall–Kier alpha value is -2.65. The van der Waals surface area contributed by atoms with E-state index in [1.54, 1.807) is 17.8 Å². The second-order valence-corrected chi connectivity index (χ2v) is 4.76. The van der Waals surface area contributed by atoms with E-state index in [0.29, 0.717) is 5.56 Å². The van der Waals surface area contributed by atoms with Gasteiger partial charge in [-0.05, 0) is 12.5 Å².